The number of thioether (sulfide) groups is 1. The molecule has 0 fully saturated rings. The van der Waals surface area contributed by atoms with Gasteiger partial charge in [-0.2, -0.15) is 10.1 Å². The number of hydrazone groups is 1. The van der Waals surface area contributed by atoms with Crippen LogP contribution in [0.1, 0.15) is 11.7 Å². The van der Waals surface area contributed by atoms with Gasteiger partial charge in [-0.1, -0.05) is 9.78 Å². The molecule has 6 nitrogen and oxygen atoms in total. The molecule has 2 aliphatic rings. The van der Waals surface area contributed by atoms with Crippen LogP contribution in [-0.4, -0.2) is 27.9 Å². The largest absolute Gasteiger partial charge is 0.497 e. The third kappa shape index (κ3) is 1.72. The molecular weight excluding hydrogens is 294 g/mol. The van der Waals surface area contributed by atoms with Gasteiger partial charge in [0.1, 0.15) is 11.3 Å². The first-order chi connectivity index (χ1) is 9.86. The number of methoxy groups -OCH3 is 1. The minimum Gasteiger partial charge on any atom is -0.497 e. The van der Waals surface area contributed by atoms with Gasteiger partial charge >= 0.3 is 10.3 Å². The Morgan fingerprint density at radius 2 is 2.15 bits per heavy atom. The van der Waals surface area contributed by atoms with Crippen LogP contribution in [0, 0.1) is 0 Å². The van der Waals surface area contributed by atoms with Gasteiger partial charge in [-0.3, -0.25) is 0 Å². The summed E-state index contributed by atoms with van der Waals surface area (Å²) in [6.07, 6.45) is -0.0964. The predicted molar refractivity (Wildman–Crippen MR) is 78.5 cm³/mol. The zero-order valence-corrected chi connectivity index (χ0v) is 12.1. The molecular formula is C12H10N5OS2+. The minimum absolute atomic E-state index is 0.0964. The van der Waals surface area contributed by atoms with Gasteiger partial charge < -0.3 is 4.74 Å². The van der Waals surface area contributed by atoms with Crippen molar-refractivity contribution >= 4 is 38.9 Å². The Hall–Kier alpha value is -1.93. The fourth-order valence-electron chi connectivity index (χ4n) is 2.18. The van der Waals surface area contributed by atoms with Crippen molar-refractivity contribution < 1.29 is 9.42 Å². The van der Waals surface area contributed by atoms with Crippen molar-refractivity contribution in [3.05, 3.63) is 35.3 Å². The summed E-state index contributed by atoms with van der Waals surface area (Å²) in [7, 11) is 1.66. The van der Waals surface area contributed by atoms with E-state index in [0.717, 1.165) is 21.6 Å². The minimum atomic E-state index is -0.0964. The van der Waals surface area contributed by atoms with Crippen molar-refractivity contribution in [2.24, 2.45) is 10.1 Å². The Kier molecular flexibility index (Phi) is 2.71. The molecule has 0 saturated heterocycles. The van der Waals surface area contributed by atoms with E-state index in [1.807, 2.05) is 34.0 Å². The predicted octanol–water partition coefficient (Wildman–Crippen LogP) is 1.98. The van der Waals surface area contributed by atoms with E-state index in [1.165, 1.54) is 23.1 Å². The molecule has 20 heavy (non-hydrogen) atoms. The van der Waals surface area contributed by atoms with Crippen LogP contribution in [0.15, 0.2) is 39.9 Å². The molecule has 2 aromatic rings. The summed E-state index contributed by atoms with van der Waals surface area (Å²) < 4.78 is 7.09. The summed E-state index contributed by atoms with van der Waals surface area (Å²) >= 11 is 3.05. The number of fused-ring (bicyclic) bond motifs is 2. The zero-order chi connectivity index (χ0) is 13.5. The first-order valence-corrected chi connectivity index (χ1v) is 7.69. The van der Waals surface area contributed by atoms with E-state index in [1.54, 1.807) is 18.2 Å². The van der Waals surface area contributed by atoms with E-state index in [2.05, 4.69) is 15.2 Å². The van der Waals surface area contributed by atoms with Crippen LogP contribution in [0.4, 0.5) is 5.13 Å². The number of hydrogen-bond donors (Lipinski definition) is 0. The molecule has 3 heterocycles. The Labute approximate surface area is 123 Å². The highest BCUT2D eigenvalue weighted by molar-refractivity contribution is 8.25. The van der Waals surface area contributed by atoms with Crippen molar-refractivity contribution in [2.75, 3.05) is 7.11 Å². The van der Waals surface area contributed by atoms with Gasteiger partial charge in [-0.15, -0.1) is 0 Å². The lowest BCUT2D eigenvalue weighted by Crippen LogP contribution is -2.52. The first kappa shape index (κ1) is 11.9. The second kappa shape index (κ2) is 4.57. The average molecular weight is 304 g/mol. The van der Waals surface area contributed by atoms with Crippen molar-refractivity contribution in [1.82, 2.24) is 10.1 Å². The van der Waals surface area contributed by atoms with Crippen molar-refractivity contribution in [1.29, 1.82) is 0 Å². The van der Waals surface area contributed by atoms with E-state index in [0.29, 0.717) is 0 Å². The maximum atomic E-state index is 5.21. The van der Waals surface area contributed by atoms with Crippen molar-refractivity contribution in [3.63, 3.8) is 0 Å². The normalized spacial score (nSPS) is 19.6. The first-order valence-electron chi connectivity index (χ1n) is 5.93. The third-order valence-electron chi connectivity index (χ3n) is 3.12. The molecule has 0 N–H and O–H groups in total. The number of nitrogens with zero attached hydrogens (tertiary/aromatic N) is 5. The summed E-state index contributed by atoms with van der Waals surface area (Å²) in [5.41, 5.74) is 4.69. The maximum Gasteiger partial charge on any atom is 0.409 e. The third-order valence-corrected chi connectivity index (χ3v) is 4.50. The van der Waals surface area contributed by atoms with Crippen LogP contribution in [0.2, 0.25) is 0 Å². The number of amidine groups is 1. The molecule has 0 saturated carbocycles. The molecule has 1 aromatic heterocycles. The van der Waals surface area contributed by atoms with Gasteiger partial charge in [-0.05, 0) is 47.4 Å². The molecule has 8 heteroatoms. The summed E-state index contributed by atoms with van der Waals surface area (Å²) in [5, 5.41) is 12.4. The fourth-order valence-corrected chi connectivity index (χ4v) is 3.52. The molecule has 100 valence electrons. The van der Waals surface area contributed by atoms with Crippen LogP contribution in [0.3, 0.4) is 0 Å². The van der Waals surface area contributed by atoms with E-state index in [4.69, 9.17) is 4.74 Å². The van der Waals surface area contributed by atoms with Gasteiger partial charge in [0.05, 0.1) is 12.7 Å². The highest BCUT2D eigenvalue weighted by Gasteiger charge is 2.42. The van der Waals surface area contributed by atoms with Crippen LogP contribution in [-0.2, 0) is 0 Å². The van der Waals surface area contributed by atoms with E-state index < -0.39 is 0 Å². The number of hydrogen-bond acceptors (Lipinski definition) is 7. The zero-order valence-electron chi connectivity index (χ0n) is 10.5. The molecule has 1 atom stereocenters. The summed E-state index contributed by atoms with van der Waals surface area (Å²) in [4.78, 5) is 4.55. The lowest BCUT2D eigenvalue weighted by atomic mass is 10.1. The van der Waals surface area contributed by atoms with Gasteiger partial charge in [0, 0.05) is 10.6 Å². The number of aromatic nitrogens is 2. The average Bonchev–Trinajstić information content (AvgIpc) is 3.13. The molecule has 1 aromatic carbocycles. The summed E-state index contributed by atoms with van der Waals surface area (Å²) in [6.45, 7) is 0. The second-order valence-corrected chi connectivity index (χ2v) is 5.81. The fraction of sp³-hybridized carbons (Fsp3) is 0.167. The maximum absolute atomic E-state index is 5.21. The molecule has 0 aliphatic carbocycles. The molecule has 4 rings (SSSR count). The molecule has 2 aliphatic heterocycles. The lowest BCUT2D eigenvalue weighted by molar-refractivity contribution is -0.769. The van der Waals surface area contributed by atoms with Gasteiger partial charge in [0.2, 0.25) is 6.17 Å². The van der Waals surface area contributed by atoms with Crippen LogP contribution in [0.5, 0.6) is 5.75 Å². The monoisotopic (exact) mass is 304 g/mol. The number of rotatable bonds is 2. The topological polar surface area (TPSA) is 54.0 Å². The number of benzene rings is 1. The van der Waals surface area contributed by atoms with Crippen LogP contribution in [0.25, 0.3) is 0 Å². The highest BCUT2D eigenvalue weighted by atomic mass is 32.2. The Morgan fingerprint density at radius 3 is 2.95 bits per heavy atom. The highest BCUT2D eigenvalue weighted by Crippen LogP contribution is 2.33. The van der Waals surface area contributed by atoms with Crippen molar-refractivity contribution in [3.8, 4) is 5.75 Å². The van der Waals surface area contributed by atoms with Crippen LogP contribution >= 0.6 is 23.1 Å². The molecule has 0 spiro atoms. The molecule has 0 radical (unpaired) electrons. The van der Waals surface area contributed by atoms with E-state index in [9.17, 15) is 0 Å². The Balaban J connectivity index is 1.82. The number of aliphatic imine (C=N–C) groups is 1. The standard InChI is InChI=1S/C12H10N5OS2/c1-18-9-4-2-8(3-5-9)10-16-11(19-6-13-16)15-12-17(10)14-7-20-12/h2-7,10H,1H3/q+1. The quantitative estimate of drug-likeness (QED) is 0.796. The molecule has 0 bridgehead atoms. The molecule has 0 amide bonds. The SMILES string of the molecule is COc1ccc(C2N3N=CSC3=Nc3scn[n+]32)cc1. The van der Waals surface area contributed by atoms with E-state index >= 15 is 0 Å². The number of ether oxygens (including phenoxy) is 1. The van der Waals surface area contributed by atoms with Gasteiger partial charge in [-0.25, -0.2) is 0 Å². The van der Waals surface area contributed by atoms with Gasteiger partial charge in [0.25, 0.3) is 0 Å². The van der Waals surface area contributed by atoms with Gasteiger partial charge in [0.15, 0.2) is 0 Å². The summed E-state index contributed by atoms with van der Waals surface area (Å²) in [6, 6.07) is 7.95. The Bertz CT molecular complexity index is 709. The Morgan fingerprint density at radius 1 is 1.30 bits per heavy atom. The summed E-state index contributed by atoms with van der Waals surface area (Å²) in [5.74, 6) is 0.834. The smallest absolute Gasteiger partial charge is 0.409 e. The lowest BCUT2D eigenvalue weighted by Gasteiger charge is -2.22. The van der Waals surface area contributed by atoms with Crippen molar-refractivity contribution in [2.45, 2.75) is 6.17 Å². The van der Waals surface area contributed by atoms with E-state index in [-0.39, 0.29) is 6.17 Å². The van der Waals surface area contributed by atoms with Crippen LogP contribution < -0.4 is 9.42 Å². The molecule has 1 unspecified atom stereocenters. The second-order valence-electron chi connectivity index (χ2n) is 4.19.